The first-order valence-electron chi connectivity index (χ1n) is 6.67. The standard InChI is InChI=1S/C14H13ClFN3O3/c15-11-4-7(16)3-9-12(11)19(18-2-1-8(17)5-18)6-10(13(9)20)14(21)22/h3-4,6,8H,1-2,5,17H2,(H,21,22). The summed E-state index contributed by atoms with van der Waals surface area (Å²) in [5.74, 6) is -2.06. The van der Waals surface area contributed by atoms with Crippen LogP contribution in [0.4, 0.5) is 4.39 Å². The van der Waals surface area contributed by atoms with Crippen molar-refractivity contribution in [1.82, 2.24) is 4.68 Å². The van der Waals surface area contributed by atoms with Crippen LogP contribution in [0, 0.1) is 5.82 Å². The zero-order valence-corrected chi connectivity index (χ0v) is 12.2. The minimum atomic E-state index is -1.37. The van der Waals surface area contributed by atoms with Crippen molar-refractivity contribution in [3.8, 4) is 0 Å². The highest BCUT2D eigenvalue weighted by Gasteiger charge is 2.24. The van der Waals surface area contributed by atoms with Crippen LogP contribution in [0.3, 0.4) is 0 Å². The Labute approximate surface area is 129 Å². The van der Waals surface area contributed by atoms with Crippen LogP contribution >= 0.6 is 11.6 Å². The van der Waals surface area contributed by atoms with Gasteiger partial charge in [-0.2, -0.15) is 0 Å². The maximum absolute atomic E-state index is 13.6. The molecule has 1 aliphatic heterocycles. The molecule has 1 unspecified atom stereocenters. The summed E-state index contributed by atoms with van der Waals surface area (Å²) in [6.07, 6.45) is 1.95. The van der Waals surface area contributed by atoms with Crippen LogP contribution in [-0.4, -0.2) is 34.9 Å². The van der Waals surface area contributed by atoms with Crippen LogP contribution in [0.2, 0.25) is 5.02 Å². The van der Waals surface area contributed by atoms with Crippen LogP contribution in [0.15, 0.2) is 23.1 Å². The summed E-state index contributed by atoms with van der Waals surface area (Å²) in [6, 6.07) is 2.04. The average molecular weight is 326 g/mol. The number of rotatable bonds is 2. The maximum Gasteiger partial charge on any atom is 0.341 e. The van der Waals surface area contributed by atoms with E-state index in [2.05, 4.69) is 0 Å². The fraction of sp³-hybridized carbons (Fsp3) is 0.286. The number of hydrogen-bond donors (Lipinski definition) is 2. The van der Waals surface area contributed by atoms with Crippen molar-refractivity contribution in [1.29, 1.82) is 0 Å². The molecule has 0 aliphatic carbocycles. The summed E-state index contributed by atoms with van der Waals surface area (Å²) in [5.41, 5.74) is 4.96. The number of carboxylic acid groups (broad SMARTS) is 1. The molecule has 8 heteroatoms. The van der Waals surface area contributed by atoms with Crippen LogP contribution in [0.5, 0.6) is 0 Å². The van der Waals surface area contributed by atoms with Crippen LogP contribution < -0.4 is 16.2 Å². The lowest BCUT2D eigenvalue weighted by Crippen LogP contribution is -2.37. The molecule has 0 bridgehead atoms. The van der Waals surface area contributed by atoms with Gasteiger partial charge in [-0.3, -0.25) is 9.47 Å². The number of pyridine rings is 1. The molecule has 2 heterocycles. The quantitative estimate of drug-likeness (QED) is 0.865. The van der Waals surface area contributed by atoms with Gasteiger partial charge in [0.2, 0.25) is 5.43 Å². The van der Waals surface area contributed by atoms with Gasteiger partial charge in [0.15, 0.2) is 0 Å². The molecule has 116 valence electrons. The molecule has 1 saturated heterocycles. The Morgan fingerprint density at radius 1 is 1.45 bits per heavy atom. The number of hydrogen-bond acceptors (Lipinski definition) is 4. The highest BCUT2D eigenvalue weighted by atomic mass is 35.5. The minimum Gasteiger partial charge on any atom is -0.477 e. The number of carbonyl (C=O) groups is 1. The van der Waals surface area contributed by atoms with Crippen LogP contribution in [-0.2, 0) is 0 Å². The van der Waals surface area contributed by atoms with E-state index in [-0.39, 0.29) is 22.0 Å². The SMILES string of the molecule is NC1CCN(n2cc(C(=O)O)c(=O)c3cc(F)cc(Cl)c32)C1. The first kappa shape index (κ1) is 14.8. The molecule has 0 spiro atoms. The lowest BCUT2D eigenvalue weighted by Gasteiger charge is -2.25. The number of halogens is 2. The molecular weight excluding hydrogens is 313 g/mol. The lowest BCUT2D eigenvalue weighted by molar-refractivity contribution is 0.0695. The number of benzene rings is 1. The Bertz CT molecular complexity index is 836. The first-order valence-corrected chi connectivity index (χ1v) is 7.05. The highest BCUT2D eigenvalue weighted by Crippen LogP contribution is 2.25. The van der Waals surface area contributed by atoms with Gasteiger partial charge in [0.05, 0.1) is 15.9 Å². The summed E-state index contributed by atoms with van der Waals surface area (Å²) in [5, 5.41) is 11.0. The highest BCUT2D eigenvalue weighted by molar-refractivity contribution is 6.35. The van der Waals surface area contributed by atoms with E-state index in [1.165, 1.54) is 10.9 Å². The van der Waals surface area contributed by atoms with Crippen LogP contribution in [0.1, 0.15) is 16.8 Å². The largest absolute Gasteiger partial charge is 0.477 e. The second-order valence-corrected chi connectivity index (χ2v) is 5.67. The normalized spacial score (nSPS) is 18.1. The number of nitrogens with two attached hydrogens (primary N) is 1. The van der Waals surface area contributed by atoms with E-state index < -0.39 is 22.8 Å². The van der Waals surface area contributed by atoms with Gasteiger partial charge >= 0.3 is 5.97 Å². The molecule has 2 aromatic rings. The van der Waals surface area contributed by atoms with Crippen molar-refractivity contribution < 1.29 is 14.3 Å². The average Bonchev–Trinajstić information content (AvgIpc) is 2.85. The summed E-state index contributed by atoms with van der Waals surface area (Å²) < 4.78 is 15.1. The summed E-state index contributed by atoms with van der Waals surface area (Å²) in [4.78, 5) is 23.5. The first-order chi connectivity index (χ1) is 10.4. The predicted octanol–water partition coefficient (Wildman–Crippen LogP) is 1.16. The van der Waals surface area contributed by atoms with E-state index in [0.717, 1.165) is 18.6 Å². The third-order valence-corrected chi connectivity index (χ3v) is 4.02. The third-order valence-electron chi connectivity index (χ3n) is 3.74. The number of aromatic carboxylic acids is 1. The summed E-state index contributed by atoms with van der Waals surface area (Å²) in [6.45, 7) is 1.08. The predicted molar refractivity (Wildman–Crippen MR) is 80.7 cm³/mol. The summed E-state index contributed by atoms with van der Waals surface area (Å²) in [7, 11) is 0. The molecule has 3 N–H and O–H groups in total. The molecule has 1 atom stereocenters. The van der Waals surface area contributed by atoms with E-state index in [1.54, 1.807) is 5.01 Å². The van der Waals surface area contributed by atoms with Gasteiger partial charge in [0.25, 0.3) is 0 Å². The van der Waals surface area contributed by atoms with Crippen molar-refractivity contribution in [3.63, 3.8) is 0 Å². The minimum absolute atomic E-state index is 0.0458. The molecule has 0 radical (unpaired) electrons. The van der Waals surface area contributed by atoms with Gasteiger partial charge in [-0.25, -0.2) is 9.18 Å². The van der Waals surface area contributed by atoms with E-state index in [4.69, 9.17) is 17.3 Å². The number of nitrogens with zero attached hydrogens (tertiary/aromatic N) is 2. The summed E-state index contributed by atoms with van der Waals surface area (Å²) >= 11 is 6.08. The molecule has 22 heavy (non-hydrogen) atoms. The van der Waals surface area contributed by atoms with E-state index in [9.17, 15) is 19.1 Å². The molecule has 1 aliphatic rings. The van der Waals surface area contributed by atoms with Gasteiger partial charge in [-0.05, 0) is 18.6 Å². The van der Waals surface area contributed by atoms with Gasteiger partial charge in [-0.1, -0.05) is 11.6 Å². The Morgan fingerprint density at radius 2 is 2.18 bits per heavy atom. The van der Waals surface area contributed by atoms with E-state index in [1.807, 2.05) is 0 Å². The molecule has 6 nitrogen and oxygen atoms in total. The van der Waals surface area contributed by atoms with Gasteiger partial charge < -0.3 is 15.8 Å². The second-order valence-electron chi connectivity index (χ2n) is 5.27. The number of carboxylic acids is 1. The van der Waals surface area contributed by atoms with E-state index >= 15 is 0 Å². The molecule has 0 amide bonds. The number of aromatic nitrogens is 1. The Hall–Kier alpha value is -2.12. The zero-order valence-electron chi connectivity index (χ0n) is 11.4. The molecule has 1 fully saturated rings. The number of fused-ring (bicyclic) bond motifs is 1. The third kappa shape index (κ3) is 2.32. The van der Waals surface area contributed by atoms with Crippen molar-refractivity contribution in [2.45, 2.75) is 12.5 Å². The molecular formula is C14H13ClFN3O3. The molecule has 1 aromatic carbocycles. The lowest BCUT2D eigenvalue weighted by atomic mass is 10.1. The van der Waals surface area contributed by atoms with Crippen molar-refractivity contribution in [2.24, 2.45) is 5.73 Å². The van der Waals surface area contributed by atoms with Crippen molar-refractivity contribution in [3.05, 3.63) is 45.0 Å². The maximum atomic E-state index is 13.6. The van der Waals surface area contributed by atoms with E-state index in [0.29, 0.717) is 13.1 Å². The fourth-order valence-electron chi connectivity index (χ4n) is 2.70. The Kier molecular flexibility index (Phi) is 3.54. The van der Waals surface area contributed by atoms with Crippen LogP contribution in [0.25, 0.3) is 10.9 Å². The van der Waals surface area contributed by atoms with Gasteiger partial charge in [0, 0.05) is 25.3 Å². The van der Waals surface area contributed by atoms with Crippen molar-refractivity contribution in [2.75, 3.05) is 18.1 Å². The topological polar surface area (TPSA) is 88.6 Å². The Morgan fingerprint density at radius 3 is 2.77 bits per heavy atom. The fourth-order valence-corrected chi connectivity index (χ4v) is 2.99. The Balaban J connectivity index is 2.37. The smallest absolute Gasteiger partial charge is 0.341 e. The van der Waals surface area contributed by atoms with Gasteiger partial charge in [0.1, 0.15) is 11.4 Å². The second kappa shape index (κ2) is 5.26. The molecule has 1 aromatic heterocycles. The molecule has 0 saturated carbocycles. The molecule has 3 rings (SSSR count). The monoisotopic (exact) mass is 325 g/mol. The van der Waals surface area contributed by atoms with Gasteiger partial charge in [-0.15, -0.1) is 0 Å². The van der Waals surface area contributed by atoms with Crippen molar-refractivity contribution >= 4 is 28.5 Å². The zero-order chi connectivity index (χ0) is 16.0.